The number of nitrogens with zero attached hydrogens (tertiary/aromatic N) is 1. The summed E-state index contributed by atoms with van der Waals surface area (Å²) >= 11 is 14.0. The third-order valence-electron chi connectivity index (χ3n) is 3.68. The molecule has 1 heterocycles. The lowest BCUT2D eigenvalue weighted by Gasteiger charge is -2.13. The summed E-state index contributed by atoms with van der Waals surface area (Å²) in [5, 5.41) is 5.61. The third kappa shape index (κ3) is 2.81. The van der Waals surface area contributed by atoms with Gasteiger partial charge in [0.15, 0.2) is 5.13 Å². The molecule has 0 aliphatic heterocycles. The molecule has 0 bridgehead atoms. The molecule has 0 spiro atoms. The summed E-state index contributed by atoms with van der Waals surface area (Å²) in [6.45, 7) is 4.32. The normalized spacial score (nSPS) is 11.1. The Morgan fingerprint density at radius 2 is 1.64 bits per heavy atom. The smallest absolute Gasteiger partial charge is 0.188 e. The lowest BCUT2D eigenvalue weighted by molar-refractivity contribution is 1.09. The van der Waals surface area contributed by atoms with Crippen molar-refractivity contribution in [1.29, 1.82) is 0 Å². The van der Waals surface area contributed by atoms with Gasteiger partial charge in [-0.05, 0) is 36.1 Å². The van der Waals surface area contributed by atoms with Gasteiger partial charge in [-0.3, -0.25) is 0 Å². The molecular weight excluding hydrogens is 335 g/mol. The van der Waals surface area contributed by atoms with Crippen molar-refractivity contribution in [3.63, 3.8) is 0 Å². The first kappa shape index (κ1) is 15.6. The fourth-order valence-electron chi connectivity index (χ4n) is 2.51. The summed E-state index contributed by atoms with van der Waals surface area (Å²) in [7, 11) is 0. The lowest BCUT2D eigenvalue weighted by Crippen LogP contribution is -1.99. The van der Waals surface area contributed by atoms with E-state index in [2.05, 4.69) is 42.3 Å². The number of nitrogens with one attached hydrogen (secondary N) is 1. The predicted molar refractivity (Wildman–Crippen MR) is 98.1 cm³/mol. The SMILES string of the molecule is CCc1cccc(CC)c1Nc1nc2c(Cl)ccc(Cl)c2s1. The van der Waals surface area contributed by atoms with Crippen LogP contribution in [0.15, 0.2) is 30.3 Å². The molecule has 0 radical (unpaired) electrons. The van der Waals surface area contributed by atoms with E-state index in [-0.39, 0.29) is 0 Å². The van der Waals surface area contributed by atoms with Crippen LogP contribution in [0.3, 0.4) is 0 Å². The Labute approximate surface area is 144 Å². The Morgan fingerprint density at radius 3 is 2.23 bits per heavy atom. The molecule has 2 aromatic carbocycles. The van der Waals surface area contributed by atoms with Crippen molar-refractivity contribution in [3.8, 4) is 0 Å². The number of halogens is 2. The van der Waals surface area contributed by atoms with Crippen LogP contribution in [0.1, 0.15) is 25.0 Å². The van der Waals surface area contributed by atoms with E-state index in [9.17, 15) is 0 Å². The van der Waals surface area contributed by atoms with Crippen molar-refractivity contribution in [2.75, 3.05) is 5.32 Å². The van der Waals surface area contributed by atoms with Gasteiger partial charge in [0.25, 0.3) is 0 Å². The van der Waals surface area contributed by atoms with E-state index in [1.54, 1.807) is 6.07 Å². The highest BCUT2D eigenvalue weighted by Gasteiger charge is 2.13. The van der Waals surface area contributed by atoms with Crippen molar-refractivity contribution in [3.05, 3.63) is 51.5 Å². The van der Waals surface area contributed by atoms with E-state index >= 15 is 0 Å². The standard InChI is InChI=1S/C17H16Cl2N2S/c1-3-10-6-5-7-11(4-2)14(10)20-17-21-15-12(18)8-9-13(19)16(15)22-17/h5-9H,3-4H2,1-2H3,(H,20,21). The first-order valence-corrected chi connectivity index (χ1v) is 8.83. The number of anilines is 2. The molecule has 0 aliphatic carbocycles. The second-order valence-electron chi connectivity index (χ2n) is 5.01. The zero-order chi connectivity index (χ0) is 15.7. The van der Waals surface area contributed by atoms with Crippen molar-refractivity contribution >= 4 is 55.6 Å². The summed E-state index contributed by atoms with van der Waals surface area (Å²) in [6.07, 6.45) is 1.95. The van der Waals surface area contributed by atoms with E-state index in [0.717, 1.165) is 33.9 Å². The number of hydrogen-bond acceptors (Lipinski definition) is 3. The summed E-state index contributed by atoms with van der Waals surface area (Å²) in [6, 6.07) is 10.00. The van der Waals surface area contributed by atoms with Crippen molar-refractivity contribution in [1.82, 2.24) is 4.98 Å². The highest BCUT2D eigenvalue weighted by molar-refractivity contribution is 7.23. The average Bonchev–Trinajstić information content (AvgIpc) is 2.96. The van der Waals surface area contributed by atoms with Crippen molar-refractivity contribution in [2.24, 2.45) is 0 Å². The van der Waals surface area contributed by atoms with E-state index < -0.39 is 0 Å². The lowest BCUT2D eigenvalue weighted by atomic mass is 10.0. The van der Waals surface area contributed by atoms with Crippen molar-refractivity contribution in [2.45, 2.75) is 26.7 Å². The van der Waals surface area contributed by atoms with Gasteiger partial charge in [-0.1, -0.05) is 66.6 Å². The van der Waals surface area contributed by atoms with Gasteiger partial charge in [-0.2, -0.15) is 0 Å². The van der Waals surface area contributed by atoms with E-state index in [1.807, 2.05) is 6.07 Å². The molecule has 114 valence electrons. The van der Waals surface area contributed by atoms with Crippen LogP contribution in [0, 0.1) is 0 Å². The molecule has 3 aromatic rings. The molecule has 1 aromatic heterocycles. The maximum absolute atomic E-state index is 6.25. The summed E-state index contributed by atoms with van der Waals surface area (Å²) in [4.78, 5) is 4.61. The molecule has 22 heavy (non-hydrogen) atoms. The molecule has 0 fully saturated rings. The fraction of sp³-hybridized carbons (Fsp3) is 0.235. The van der Waals surface area contributed by atoms with Gasteiger partial charge in [-0.25, -0.2) is 4.98 Å². The van der Waals surface area contributed by atoms with Crippen LogP contribution in [-0.2, 0) is 12.8 Å². The zero-order valence-corrected chi connectivity index (χ0v) is 14.7. The van der Waals surface area contributed by atoms with Crippen LogP contribution in [0.25, 0.3) is 10.2 Å². The summed E-state index contributed by atoms with van der Waals surface area (Å²) in [5.74, 6) is 0. The minimum Gasteiger partial charge on any atom is -0.331 e. The highest BCUT2D eigenvalue weighted by Crippen LogP contribution is 2.38. The van der Waals surface area contributed by atoms with Gasteiger partial charge in [0.1, 0.15) is 5.52 Å². The third-order valence-corrected chi connectivity index (χ3v) is 5.41. The van der Waals surface area contributed by atoms with Crippen molar-refractivity contribution < 1.29 is 0 Å². The van der Waals surface area contributed by atoms with E-state index in [1.165, 1.54) is 22.5 Å². The van der Waals surface area contributed by atoms with Gasteiger partial charge >= 0.3 is 0 Å². The van der Waals surface area contributed by atoms with E-state index in [4.69, 9.17) is 23.2 Å². The number of fused-ring (bicyclic) bond motifs is 1. The van der Waals surface area contributed by atoms with Crippen LogP contribution < -0.4 is 5.32 Å². The number of hydrogen-bond donors (Lipinski definition) is 1. The van der Waals surface area contributed by atoms with Crippen LogP contribution in [0.2, 0.25) is 10.0 Å². The van der Waals surface area contributed by atoms with Crippen LogP contribution in [-0.4, -0.2) is 4.98 Å². The van der Waals surface area contributed by atoms with Crippen LogP contribution in [0.4, 0.5) is 10.8 Å². The van der Waals surface area contributed by atoms with Gasteiger partial charge in [-0.15, -0.1) is 0 Å². The topological polar surface area (TPSA) is 24.9 Å². The molecule has 0 aliphatic rings. The molecule has 0 saturated heterocycles. The number of rotatable bonds is 4. The molecule has 0 atom stereocenters. The van der Waals surface area contributed by atoms with E-state index in [0.29, 0.717) is 10.0 Å². The highest BCUT2D eigenvalue weighted by atomic mass is 35.5. The Kier molecular flexibility index (Phi) is 4.57. The minimum absolute atomic E-state index is 0.628. The van der Waals surface area contributed by atoms with Crippen LogP contribution in [0.5, 0.6) is 0 Å². The second kappa shape index (κ2) is 6.45. The number of para-hydroxylation sites is 1. The molecule has 0 unspecified atom stereocenters. The molecule has 2 nitrogen and oxygen atoms in total. The monoisotopic (exact) mass is 350 g/mol. The van der Waals surface area contributed by atoms with Gasteiger partial charge < -0.3 is 5.32 Å². The first-order valence-electron chi connectivity index (χ1n) is 7.26. The van der Waals surface area contributed by atoms with Gasteiger partial charge in [0.2, 0.25) is 0 Å². The number of benzene rings is 2. The molecule has 5 heteroatoms. The largest absolute Gasteiger partial charge is 0.331 e. The molecule has 3 rings (SSSR count). The van der Waals surface area contributed by atoms with Gasteiger partial charge in [0.05, 0.1) is 14.7 Å². The maximum atomic E-state index is 6.25. The molecular formula is C17H16Cl2N2S. The zero-order valence-electron chi connectivity index (χ0n) is 12.4. The van der Waals surface area contributed by atoms with Crippen LogP contribution >= 0.6 is 34.5 Å². The number of aromatic nitrogens is 1. The first-order chi connectivity index (χ1) is 10.6. The Morgan fingerprint density at radius 1 is 1.00 bits per heavy atom. The summed E-state index contributed by atoms with van der Waals surface area (Å²) in [5.41, 5.74) is 4.49. The number of thiazole rings is 1. The Bertz CT molecular complexity index is 766. The van der Waals surface area contributed by atoms with Gasteiger partial charge in [0, 0.05) is 5.69 Å². The Balaban J connectivity index is 2.07. The molecule has 0 saturated carbocycles. The Hall–Kier alpha value is -1.29. The maximum Gasteiger partial charge on any atom is 0.188 e. The average molecular weight is 351 g/mol. The minimum atomic E-state index is 0.628. The summed E-state index contributed by atoms with van der Waals surface area (Å²) < 4.78 is 0.920. The number of aryl methyl sites for hydroxylation is 2. The fourth-order valence-corrected chi connectivity index (χ4v) is 3.93. The second-order valence-corrected chi connectivity index (χ2v) is 6.82. The molecule has 1 N–H and O–H groups in total. The predicted octanol–water partition coefficient (Wildman–Crippen LogP) is 6.47. The quantitative estimate of drug-likeness (QED) is 0.582. The molecule has 0 amide bonds.